The van der Waals surface area contributed by atoms with Gasteiger partial charge in [0.05, 0.1) is 5.69 Å². The molecule has 2 N–H and O–H groups in total. The molecule has 3 aromatic rings. The van der Waals surface area contributed by atoms with Crippen molar-refractivity contribution in [3.63, 3.8) is 0 Å². The second-order valence-corrected chi connectivity index (χ2v) is 4.58. The Morgan fingerprint density at radius 1 is 1.00 bits per heavy atom. The molecule has 96 valence electrons. The second kappa shape index (κ2) is 4.69. The fraction of sp³-hybridized carbons (Fsp3) is 0.125. The molecule has 3 rings (SSSR count). The number of nitrogens with one attached hydrogen (secondary N) is 2. The molecule has 19 heavy (non-hydrogen) atoms. The SMILES string of the molecule is CNc1ccc(N(C)c2c[nH]c3ccccc23)cc1. The number of rotatable bonds is 3. The number of fused-ring (bicyclic) bond motifs is 1. The molecule has 0 saturated carbocycles. The zero-order valence-corrected chi connectivity index (χ0v) is 11.1. The van der Waals surface area contributed by atoms with Crippen molar-refractivity contribution in [2.45, 2.75) is 0 Å². The maximum Gasteiger partial charge on any atom is 0.0665 e. The third-order valence-corrected chi connectivity index (χ3v) is 3.47. The second-order valence-electron chi connectivity index (χ2n) is 4.58. The van der Waals surface area contributed by atoms with Crippen molar-refractivity contribution in [1.29, 1.82) is 0 Å². The molecule has 1 aromatic heterocycles. The summed E-state index contributed by atoms with van der Waals surface area (Å²) in [7, 11) is 4.02. The van der Waals surface area contributed by atoms with E-state index in [1.165, 1.54) is 16.8 Å². The fourth-order valence-electron chi connectivity index (χ4n) is 2.32. The molecule has 0 unspecified atom stereocenters. The van der Waals surface area contributed by atoms with Crippen molar-refractivity contribution in [3.05, 3.63) is 54.7 Å². The summed E-state index contributed by atoms with van der Waals surface area (Å²) in [5.74, 6) is 0. The van der Waals surface area contributed by atoms with E-state index >= 15 is 0 Å². The highest BCUT2D eigenvalue weighted by Gasteiger charge is 2.09. The van der Waals surface area contributed by atoms with E-state index in [4.69, 9.17) is 0 Å². The summed E-state index contributed by atoms with van der Waals surface area (Å²) in [6.45, 7) is 0. The van der Waals surface area contributed by atoms with E-state index in [2.05, 4.69) is 70.9 Å². The lowest BCUT2D eigenvalue weighted by atomic mass is 10.2. The molecule has 3 nitrogen and oxygen atoms in total. The molecule has 0 aliphatic carbocycles. The summed E-state index contributed by atoms with van der Waals surface area (Å²) in [5, 5.41) is 4.37. The van der Waals surface area contributed by atoms with E-state index in [0.29, 0.717) is 0 Å². The molecule has 0 aliphatic heterocycles. The van der Waals surface area contributed by atoms with Gasteiger partial charge in [0.2, 0.25) is 0 Å². The molecule has 0 fully saturated rings. The first-order valence-corrected chi connectivity index (χ1v) is 6.37. The molecule has 2 aromatic carbocycles. The van der Waals surface area contributed by atoms with Crippen LogP contribution in [0.25, 0.3) is 10.9 Å². The third-order valence-electron chi connectivity index (χ3n) is 3.47. The van der Waals surface area contributed by atoms with Crippen molar-refractivity contribution in [3.8, 4) is 0 Å². The number of nitrogens with zero attached hydrogens (tertiary/aromatic N) is 1. The number of aromatic amines is 1. The minimum Gasteiger partial charge on any atom is -0.388 e. The largest absolute Gasteiger partial charge is 0.388 e. The molecular weight excluding hydrogens is 234 g/mol. The Morgan fingerprint density at radius 2 is 1.74 bits per heavy atom. The number of aromatic nitrogens is 1. The molecule has 3 heteroatoms. The number of anilines is 3. The standard InChI is InChI=1S/C16H17N3/c1-17-12-7-9-13(10-8-12)19(2)16-11-18-15-6-4-3-5-14(15)16/h3-11,17-18H,1-2H3. The van der Waals surface area contributed by atoms with Crippen LogP contribution in [0.4, 0.5) is 17.1 Å². The third kappa shape index (κ3) is 2.03. The fourth-order valence-corrected chi connectivity index (χ4v) is 2.32. The van der Waals surface area contributed by atoms with Crippen LogP contribution in [0.2, 0.25) is 0 Å². The van der Waals surface area contributed by atoms with E-state index in [0.717, 1.165) is 11.2 Å². The van der Waals surface area contributed by atoms with E-state index < -0.39 is 0 Å². The number of para-hydroxylation sites is 1. The van der Waals surface area contributed by atoms with E-state index in [9.17, 15) is 0 Å². The predicted molar refractivity (Wildman–Crippen MR) is 82.4 cm³/mol. The summed E-state index contributed by atoms with van der Waals surface area (Å²) in [6, 6.07) is 16.8. The highest BCUT2D eigenvalue weighted by atomic mass is 15.1. The summed E-state index contributed by atoms with van der Waals surface area (Å²) in [5.41, 5.74) is 4.64. The zero-order valence-electron chi connectivity index (χ0n) is 11.1. The lowest BCUT2D eigenvalue weighted by molar-refractivity contribution is 1.22. The van der Waals surface area contributed by atoms with Gasteiger partial charge in [-0.1, -0.05) is 18.2 Å². The quantitative estimate of drug-likeness (QED) is 0.737. The lowest BCUT2D eigenvalue weighted by Gasteiger charge is -2.18. The zero-order chi connectivity index (χ0) is 13.2. The number of benzene rings is 2. The van der Waals surface area contributed by atoms with Crippen LogP contribution < -0.4 is 10.2 Å². The molecule has 0 spiro atoms. The summed E-state index contributed by atoms with van der Waals surface area (Å²) < 4.78 is 0. The summed E-state index contributed by atoms with van der Waals surface area (Å²) >= 11 is 0. The van der Waals surface area contributed by atoms with Crippen molar-refractivity contribution < 1.29 is 0 Å². The molecule has 0 aliphatic rings. The van der Waals surface area contributed by atoms with Gasteiger partial charge >= 0.3 is 0 Å². The van der Waals surface area contributed by atoms with Crippen LogP contribution in [0.3, 0.4) is 0 Å². The molecular formula is C16H17N3. The van der Waals surface area contributed by atoms with Crippen molar-refractivity contribution in [2.75, 3.05) is 24.3 Å². The van der Waals surface area contributed by atoms with Gasteiger partial charge in [-0.05, 0) is 30.3 Å². The normalized spacial score (nSPS) is 10.6. The van der Waals surface area contributed by atoms with Crippen LogP contribution in [0.1, 0.15) is 0 Å². The van der Waals surface area contributed by atoms with Gasteiger partial charge in [-0.15, -0.1) is 0 Å². The van der Waals surface area contributed by atoms with Crippen LogP contribution >= 0.6 is 0 Å². The summed E-state index contributed by atoms with van der Waals surface area (Å²) in [6.07, 6.45) is 2.05. The van der Waals surface area contributed by atoms with Gasteiger partial charge in [-0.2, -0.15) is 0 Å². The van der Waals surface area contributed by atoms with Gasteiger partial charge in [-0.25, -0.2) is 0 Å². The van der Waals surface area contributed by atoms with Gasteiger partial charge < -0.3 is 15.2 Å². The average molecular weight is 251 g/mol. The van der Waals surface area contributed by atoms with E-state index in [-0.39, 0.29) is 0 Å². The van der Waals surface area contributed by atoms with Crippen molar-refractivity contribution >= 4 is 28.0 Å². The van der Waals surface area contributed by atoms with Crippen LogP contribution in [0.15, 0.2) is 54.7 Å². The van der Waals surface area contributed by atoms with Gasteiger partial charge in [-0.3, -0.25) is 0 Å². The molecule has 0 saturated heterocycles. The highest BCUT2D eigenvalue weighted by molar-refractivity contribution is 5.94. The Labute approximate surface area is 112 Å². The minimum absolute atomic E-state index is 1.12. The number of hydrogen-bond donors (Lipinski definition) is 2. The highest BCUT2D eigenvalue weighted by Crippen LogP contribution is 2.31. The summed E-state index contributed by atoms with van der Waals surface area (Å²) in [4.78, 5) is 5.50. The van der Waals surface area contributed by atoms with E-state index in [1.54, 1.807) is 0 Å². The first-order chi connectivity index (χ1) is 9.29. The molecule has 0 radical (unpaired) electrons. The minimum atomic E-state index is 1.12. The van der Waals surface area contributed by atoms with Gasteiger partial charge in [0.25, 0.3) is 0 Å². The smallest absolute Gasteiger partial charge is 0.0665 e. The molecule has 0 atom stereocenters. The van der Waals surface area contributed by atoms with Crippen molar-refractivity contribution in [2.24, 2.45) is 0 Å². The Kier molecular flexibility index (Phi) is 2.88. The first kappa shape index (κ1) is 11.7. The topological polar surface area (TPSA) is 31.1 Å². The molecule has 0 amide bonds. The van der Waals surface area contributed by atoms with Gasteiger partial charge in [0, 0.05) is 42.6 Å². The predicted octanol–water partition coefficient (Wildman–Crippen LogP) is 3.98. The number of H-pyrrole nitrogens is 1. The Balaban J connectivity index is 2.00. The van der Waals surface area contributed by atoms with Crippen molar-refractivity contribution in [1.82, 2.24) is 4.98 Å². The Morgan fingerprint density at radius 3 is 2.47 bits per heavy atom. The van der Waals surface area contributed by atoms with Crippen LogP contribution in [-0.4, -0.2) is 19.1 Å². The van der Waals surface area contributed by atoms with Gasteiger partial charge in [0.1, 0.15) is 0 Å². The van der Waals surface area contributed by atoms with Gasteiger partial charge in [0.15, 0.2) is 0 Å². The maximum absolute atomic E-state index is 3.31. The molecule has 1 heterocycles. The Bertz CT molecular complexity index is 683. The first-order valence-electron chi connectivity index (χ1n) is 6.37. The van der Waals surface area contributed by atoms with Crippen LogP contribution in [0, 0.1) is 0 Å². The maximum atomic E-state index is 3.31. The molecule has 0 bridgehead atoms. The Hall–Kier alpha value is -2.42. The number of hydrogen-bond acceptors (Lipinski definition) is 2. The average Bonchev–Trinajstić information content (AvgIpc) is 2.90. The lowest BCUT2D eigenvalue weighted by Crippen LogP contribution is -2.08. The monoisotopic (exact) mass is 251 g/mol. The van der Waals surface area contributed by atoms with Crippen LogP contribution in [0.5, 0.6) is 0 Å². The van der Waals surface area contributed by atoms with Crippen LogP contribution in [-0.2, 0) is 0 Å². The van der Waals surface area contributed by atoms with E-state index in [1.807, 2.05) is 13.1 Å².